The highest BCUT2D eigenvalue weighted by molar-refractivity contribution is 5.72. The van der Waals surface area contributed by atoms with Crippen molar-refractivity contribution in [1.82, 2.24) is 4.98 Å². The fourth-order valence-corrected chi connectivity index (χ4v) is 2.54. The molecule has 0 aliphatic rings. The second kappa shape index (κ2) is 6.66. The fraction of sp³-hybridized carbons (Fsp3) is 0.294. The number of esters is 1. The number of benzene rings is 1. The number of pyridine rings is 1. The molecule has 2 rings (SSSR count). The fourth-order valence-electron chi connectivity index (χ4n) is 2.54. The van der Waals surface area contributed by atoms with E-state index >= 15 is 0 Å². The number of carbonyl (C=O) groups is 1. The van der Waals surface area contributed by atoms with Crippen LogP contribution in [0.15, 0.2) is 30.6 Å². The highest BCUT2D eigenvalue weighted by Gasteiger charge is 2.15. The van der Waals surface area contributed by atoms with Gasteiger partial charge >= 0.3 is 5.97 Å². The number of nitrogens with zero attached hydrogens (tertiary/aromatic N) is 1. The molecule has 0 bridgehead atoms. The van der Waals surface area contributed by atoms with Gasteiger partial charge in [-0.2, -0.15) is 0 Å². The number of aryl methyl sites for hydroxylation is 2. The van der Waals surface area contributed by atoms with E-state index in [9.17, 15) is 9.18 Å². The SMILES string of the molecule is COC(=O)C[C@H](N)c1cncc(-c2c(C)cc(F)cc2C)c1. The molecule has 2 aromatic rings. The van der Waals surface area contributed by atoms with Gasteiger partial charge in [0.2, 0.25) is 0 Å². The van der Waals surface area contributed by atoms with E-state index in [0.29, 0.717) is 0 Å². The van der Waals surface area contributed by atoms with E-state index in [1.54, 1.807) is 12.4 Å². The molecular weight excluding hydrogens is 283 g/mol. The first-order valence-electron chi connectivity index (χ1n) is 6.97. The van der Waals surface area contributed by atoms with E-state index < -0.39 is 6.04 Å². The smallest absolute Gasteiger partial charge is 0.307 e. The summed E-state index contributed by atoms with van der Waals surface area (Å²) < 4.78 is 18.1. The Bertz CT molecular complexity index is 678. The molecule has 116 valence electrons. The molecule has 0 spiro atoms. The Morgan fingerprint density at radius 1 is 1.27 bits per heavy atom. The van der Waals surface area contributed by atoms with Gasteiger partial charge < -0.3 is 10.5 Å². The lowest BCUT2D eigenvalue weighted by atomic mass is 9.94. The van der Waals surface area contributed by atoms with Crippen LogP contribution in [0.25, 0.3) is 11.1 Å². The Balaban J connectivity index is 2.39. The highest BCUT2D eigenvalue weighted by atomic mass is 19.1. The van der Waals surface area contributed by atoms with Gasteiger partial charge in [-0.25, -0.2) is 4.39 Å². The number of ether oxygens (including phenoxy) is 1. The molecule has 2 N–H and O–H groups in total. The number of hydrogen-bond donors (Lipinski definition) is 1. The summed E-state index contributed by atoms with van der Waals surface area (Å²) in [6, 6.07) is 4.38. The third kappa shape index (κ3) is 3.49. The number of aromatic nitrogens is 1. The average Bonchev–Trinajstić information content (AvgIpc) is 2.46. The quantitative estimate of drug-likeness (QED) is 0.882. The van der Waals surface area contributed by atoms with Crippen LogP contribution in [0.1, 0.15) is 29.2 Å². The van der Waals surface area contributed by atoms with Crippen LogP contribution in [0, 0.1) is 19.7 Å². The summed E-state index contributed by atoms with van der Waals surface area (Å²) >= 11 is 0. The van der Waals surface area contributed by atoms with Crippen molar-refractivity contribution >= 4 is 5.97 Å². The standard InChI is InChI=1S/C17H19FN2O2/c1-10-4-14(18)5-11(2)17(10)13-6-12(8-20-9-13)15(19)7-16(21)22-3/h4-6,8-9,15H,7,19H2,1-3H3/t15-/m0/s1. The lowest BCUT2D eigenvalue weighted by Crippen LogP contribution is -2.16. The van der Waals surface area contributed by atoms with Gasteiger partial charge in [0.25, 0.3) is 0 Å². The number of rotatable bonds is 4. The molecular formula is C17H19FN2O2. The first kappa shape index (κ1) is 16.1. The zero-order valence-electron chi connectivity index (χ0n) is 12.9. The Morgan fingerprint density at radius 2 is 1.91 bits per heavy atom. The monoisotopic (exact) mass is 302 g/mol. The van der Waals surface area contributed by atoms with Crippen molar-refractivity contribution in [2.24, 2.45) is 5.73 Å². The Morgan fingerprint density at radius 3 is 2.50 bits per heavy atom. The Hall–Kier alpha value is -2.27. The average molecular weight is 302 g/mol. The summed E-state index contributed by atoms with van der Waals surface area (Å²) in [5, 5.41) is 0. The number of hydrogen-bond acceptors (Lipinski definition) is 4. The molecule has 0 amide bonds. The molecule has 0 saturated carbocycles. The Labute approximate surface area is 129 Å². The molecule has 1 aromatic carbocycles. The lowest BCUT2D eigenvalue weighted by molar-refractivity contribution is -0.141. The van der Waals surface area contributed by atoms with E-state index in [1.165, 1.54) is 19.2 Å². The maximum Gasteiger partial charge on any atom is 0.307 e. The van der Waals surface area contributed by atoms with Crippen LogP contribution >= 0.6 is 0 Å². The van der Waals surface area contributed by atoms with Gasteiger partial charge in [0.1, 0.15) is 5.82 Å². The van der Waals surface area contributed by atoms with Gasteiger partial charge in [0.05, 0.1) is 13.5 Å². The zero-order chi connectivity index (χ0) is 16.3. The van der Waals surface area contributed by atoms with E-state index in [0.717, 1.165) is 27.8 Å². The Kier molecular flexibility index (Phi) is 4.88. The summed E-state index contributed by atoms with van der Waals surface area (Å²) in [5.74, 6) is -0.627. The number of carbonyl (C=O) groups excluding carboxylic acids is 1. The molecule has 4 nitrogen and oxygen atoms in total. The minimum Gasteiger partial charge on any atom is -0.469 e. The second-order valence-corrected chi connectivity index (χ2v) is 5.31. The van der Waals surface area contributed by atoms with Crippen molar-refractivity contribution in [2.45, 2.75) is 26.3 Å². The van der Waals surface area contributed by atoms with E-state index in [2.05, 4.69) is 9.72 Å². The zero-order valence-corrected chi connectivity index (χ0v) is 12.9. The van der Waals surface area contributed by atoms with Gasteiger partial charge in [-0.3, -0.25) is 9.78 Å². The summed E-state index contributed by atoms with van der Waals surface area (Å²) in [6.07, 6.45) is 3.43. The minimum absolute atomic E-state index is 0.0863. The van der Waals surface area contributed by atoms with E-state index in [-0.39, 0.29) is 18.2 Å². The van der Waals surface area contributed by atoms with E-state index in [1.807, 2.05) is 19.9 Å². The molecule has 1 aromatic heterocycles. The van der Waals surface area contributed by atoms with Crippen LogP contribution in [0.4, 0.5) is 4.39 Å². The summed E-state index contributed by atoms with van der Waals surface area (Å²) in [6.45, 7) is 3.71. The van der Waals surface area contributed by atoms with Crippen molar-refractivity contribution < 1.29 is 13.9 Å². The molecule has 0 radical (unpaired) electrons. The van der Waals surface area contributed by atoms with Gasteiger partial charge in [0, 0.05) is 24.0 Å². The molecule has 5 heteroatoms. The maximum absolute atomic E-state index is 13.4. The molecule has 0 saturated heterocycles. The molecule has 0 unspecified atom stereocenters. The molecule has 1 atom stereocenters. The normalized spacial score (nSPS) is 12.0. The van der Waals surface area contributed by atoms with Crippen molar-refractivity contribution in [2.75, 3.05) is 7.11 Å². The molecule has 0 aliphatic heterocycles. The highest BCUT2D eigenvalue weighted by Crippen LogP contribution is 2.29. The number of nitrogens with two attached hydrogens (primary N) is 1. The predicted octanol–water partition coefficient (Wildman–Crippen LogP) is 3.07. The van der Waals surface area contributed by atoms with E-state index in [4.69, 9.17) is 5.73 Å². The second-order valence-electron chi connectivity index (χ2n) is 5.31. The van der Waals surface area contributed by atoms with Crippen molar-refractivity contribution in [3.63, 3.8) is 0 Å². The van der Waals surface area contributed by atoms with Crippen molar-refractivity contribution in [1.29, 1.82) is 0 Å². The van der Waals surface area contributed by atoms with Crippen LogP contribution in [0.3, 0.4) is 0 Å². The number of halogens is 1. The largest absolute Gasteiger partial charge is 0.469 e. The van der Waals surface area contributed by atoms with Crippen LogP contribution in [0.5, 0.6) is 0 Å². The third-order valence-electron chi connectivity index (χ3n) is 3.59. The molecule has 0 aliphatic carbocycles. The van der Waals surface area contributed by atoms with Gasteiger partial charge in [-0.1, -0.05) is 0 Å². The van der Waals surface area contributed by atoms with Gasteiger partial charge in [-0.15, -0.1) is 0 Å². The molecule has 22 heavy (non-hydrogen) atoms. The molecule has 1 heterocycles. The van der Waals surface area contributed by atoms with Gasteiger partial charge in [0.15, 0.2) is 0 Å². The van der Waals surface area contributed by atoms with Crippen LogP contribution < -0.4 is 5.73 Å². The predicted molar refractivity (Wildman–Crippen MR) is 82.7 cm³/mol. The van der Waals surface area contributed by atoms with Crippen molar-refractivity contribution in [3.8, 4) is 11.1 Å². The topological polar surface area (TPSA) is 65.2 Å². The van der Waals surface area contributed by atoms with Crippen LogP contribution in [-0.2, 0) is 9.53 Å². The summed E-state index contributed by atoms with van der Waals surface area (Å²) in [4.78, 5) is 15.5. The number of methoxy groups -OCH3 is 1. The minimum atomic E-state index is -0.485. The summed E-state index contributed by atoms with van der Waals surface area (Å²) in [5.41, 5.74) is 10.2. The first-order chi connectivity index (χ1) is 10.4. The third-order valence-corrected chi connectivity index (χ3v) is 3.59. The van der Waals surface area contributed by atoms with Crippen LogP contribution in [-0.4, -0.2) is 18.1 Å². The van der Waals surface area contributed by atoms with Gasteiger partial charge in [-0.05, 0) is 54.3 Å². The summed E-state index contributed by atoms with van der Waals surface area (Å²) in [7, 11) is 1.33. The maximum atomic E-state index is 13.4. The van der Waals surface area contributed by atoms with Crippen LogP contribution in [0.2, 0.25) is 0 Å². The lowest BCUT2D eigenvalue weighted by Gasteiger charge is -2.14. The first-order valence-corrected chi connectivity index (χ1v) is 6.97. The molecule has 0 fully saturated rings. The van der Waals surface area contributed by atoms with Crippen molar-refractivity contribution in [3.05, 3.63) is 53.1 Å².